The number of aromatic nitrogens is 4. The topological polar surface area (TPSA) is 106 Å². The van der Waals surface area contributed by atoms with Gasteiger partial charge in [-0.25, -0.2) is 0 Å². The van der Waals surface area contributed by atoms with Gasteiger partial charge < -0.3 is 4.74 Å². The standard InChI is InChI=1S/C27H24N6O2S/c1-5-35-23(34)13-22-26-32-31-17(4)33(26)27-24(15(2)16(3)36-27)25(30-22)20-8-6-19(7-9-20)21-12-18(14-28)10-11-29-21/h6-12,22H,5,13H2,1-4H3/t22-/m0/s1. The average molecular weight is 497 g/mol. The monoisotopic (exact) mass is 496 g/mol. The highest BCUT2D eigenvalue weighted by atomic mass is 32.1. The van der Waals surface area contributed by atoms with Crippen molar-refractivity contribution in [3.63, 3.8) is 0 Å². The number of benzene rings is 1. The summed E-state index contributed by atoms with van der Waals surface area (Å²) in [7, 11) is 0. The number of aryl methyl sites for hydroxylation is 2. The third kappa shape index (κ3) is 4.10. The maximum atomic E-state index is 12.5. The summed E-state index contributed by atoms with van der Waals surface area (Å²) >= 11 is 1.67. The summed E-state index contributed by atoms with van der Waals surface area (Å²) in [5.74, 6) is 1.05. The van der Waals surface area contributed by atoms with Crippen molar-refractivity contribution >= 4 is 23.0 Å². The predicted octanol–water partition coefficient (Wildman–Crippen LogP) is 5.03. The van der Waals surface area contributed by atoms with E-state index >= 15 is 0 Å². The number of pyridine rings is 1. The summed E-state index contributed by atoms with van der Waals surface area (Å²) in [5, 5.41) is 19.0. The van der Waals surface area contributed by atoms with E-state index in [-0.39, 0.29) is 12.4 Å². The zero-order chi connectivity index (χ0) is 25.4. The molecule has 1 aliphatic heterocycles. The number of thiophene rings is 1. The lowest BCUT2D eigenvalue weighted by atomic mass is 9.98. The van der Waals surface area contributed by atoms with Crippen molar-refractivity contribution < 1.29 is 9.53 Å². The SMILES string of the molecule is CCOC(=O)C[C@@H]1N=C(c2ccc(-c3cc(C#N)ccn3)cc2)c2c(sc(C)c2C)-n2c(C)nnc21. The van der Waals surface area contributed by atoms with Crippen molar-refractivity contribution in [1.29, 1.82) is 5.26 Å². The number of fused-ring (bicyclic) bond motifs is 3. The molecule has 0 spiro atoms. The van der Waals surface area contributed by atoms with Gasteiger partial charge in [0.25, 0.3) is 0 Å². The number of hydrogen-bond donors (Lipinski definition) is 0. The van der Waals surface area contributed by atoms with E-state index in [1.54, 1.807) is 36.6 Å². The van der Waals surface area contributed by atoms with Gasteiger partial charge in [0.1, 0.15) is 16.9 Å². The fourth-order valence-electron chi connectivity index (χ4n) is 4.36. The molecule has 0 bridgehead atoms. The number of carbonyl (C=O) groups excluding carboxylic acids is 1. The quantitative estimate of drug-likeness (QED) is 0.359. The van der Waals surface area contributed by atoms with Crippen LogP contribution in [0.5, 0.6) is 0 Å². The van der Waals surface area contributed by atoms with Gasteiger partial charge in [-0.05, 0) is 45.4 Å². The minimum atomic E-state index is -0.534. The van der Waals surface area contributed by atoms with Crippen LogP contribution in [0.25, 0.3) is 16.3 Å². The van der Waals surface area contributed by atoms with Crippen molar-refractivity contribution in [3.8, 4) is 22.3 Å². The Morgan fingerprint density at radius 3 is 2.61 bits per heavy atom. The Labute approximate surface area is 212 Å². The maximum absolute atomic E-state index is 12.5. The molecule has 0 fully saturated rings. The summed E-state index contributed by atoms with van der Waals surface area (Å²) in [6.07, 6.45) is 1.71. The summed E-state index contributed by atoms with van der Waals surface area (Å²) in [6.45, 7) is 8.20. The molecule has 180 valence electrons. The first-order valence-electron chi connectivity index (χ1n) is 11.6. The Bertz CT molecular complexity index is 1540. The van der Waals surface area contributed by atoms with Gasteiger partial charge in [0.2, 0.25) is 0 Å². The number of esters is 1. The van der Waals surface area contributed by atoms with Gasteiger partial charge >= 0.3 is 5.97 Å². The zero-order valence-electron chi connectivity index (χ0n) is 20.4. The molecule has 1 aromatic carbocycles. The minimum Gasteiger partial charge on any atom is -0.466 e. The van der Waals surface area contributed by atoms with Gasteiger partial charge in [-0.1, -0.05) is 24.3 Å². The van der Waals surface area contributed by atoms with Crippen molar-refractivity contribution in [3.05, 3.63) is 81.4 Å². The molecule has 0 aliphatic carbocycles. The highest BCUT2D eigenvalue weighted by Crippen LogP contribution is 2.39. The van der Waals surface area contributed by atoms with E-state index in [4.69, 9.17) is 9.73 Å². The average Bonchev–Trinajstić information content (AvgIpc) is 3.36. The molecular formula is C27H24N6O2S. The van der Waals surface area contributed by atoms with Gasteiger partial charge in [-0.15, -0.1) is 21.5 Å². The molecule has 8 nitrogen and oxygen atoms in total. The van der Waals surface area contributed by atoms with Crippen molar-refractivity contribution in [2.45, 2.75) is 40.2 Å². The van der Waals surface area contributed by atoms with E-state index in [0.717, 1.165) is 44.5 Å². The predicted molar refractivity (Wildman–Crippen MR) is 137 cm³/mol. The molecule has 0 unspecified atom stereocenters. The largest absolute Gasteiger partial charge is 0.466 e. The smallest absolute Gasteiger partial charge is 0.308 e. The second-order valence-electron chi connectivity index (χ2n) is 8.53. The molecule has 3 aromatic heterocycles. The van der Waals surface area contributed by atoms with Crippen LogP contribution in [-0.4, -0.2) is 38.0 Å². The molecular weight excluding hydrogens is 472 g/mol. The highest BCUT2D eigenvalue weighted by Gasteiger charge is 2.32. The Morgan fingerprint density at radius 2 is 1.89 bits per heavy atom. The molecule has 1 aliphatic rings. The lowest BCUT2D eigenvalue weighted by Gasteiger charge is -2.12. The van der Waals surface area contributed by atoms with Crippen LogP contribution in [0.1, 0.15) is 58.2 Å². The van der Waals surface area contributed by atoms with Crippen LogP contribution >= 0.6 is 11.3 Å². The third-order valence-electron chi connectivity index (χ3n) is 6.25. The summed E-state index contributed by atoms with van der Waals surface area (Å²) in [5.41, 5.74) is 6.07. The second kappa shape index (κ2) is 9.47. The molecule has 0 amide bonds. The van der Waals surface area contributed by atoms with Gasteiger partial charge in [0.05, 0.1) is 36.1 Å². The van der Waals surface area contributed by atoms with Gasteiger partial charge in [0.15, 0.2) is 5.82 Å². The number of rotatable bonds is 5. The first-order valence-corrected chi connectivity index (χ1v) is 12.5. The van der Waals surface area contributed by atoms with E-state index in [1.807, 2.05) is 35.8 Å². The van der Waals surface area contributed by atoms with Crippen LogP contribution in [0.15, 0.2) is 47.6 Å². The number of ether oxygens (including phenoxy) is 1. The maximum Gasteiger partial charge on any atom is 0.308 e. The van der Waals surface area contributed by atoms with Gasteiger partial charge in [-0.2, -0.15) is 5.26 Å². The van der Waals surface area contributed by atoms with E-state index in [1.165, 1.54) is 4.88 Å². The molecule has 36 heavy (non-hydrogen) atoms. The number of carbonyl (C=O) groups is 1. The van der Waals surface area contributed by atoms with E-state index in [0.29, 0.717) is 18.0 Å². The molecule has 0 saturated carbocycles. The fourth-order valence-corrected chi connectivity index (χ4v) is 5.57. The van der Waals surface area contributed by atoms with Crippen LogP contribution in [0.4, 0.5) is 0 Å². The molecule has 0 saturated heterocycles. The molecule has 4 heterocycles. The first-order chi connectivity index (χ1) is 17.4. The number of hydrogen-bond acceptors (Lipinski definition) is 8. The molecule has 1 atom stereocenters. The van der Waals surface area contributed by atoms with Crippen LogP contribution in [0.3, 0.4) is 0 Å². The second-order valence-corrected chi connectivity index (χ2v) is 9.73. The molecule has 5 rings (SSSR count). The lowest BCUT2D eigenvalue weighted by molar-refractivity contribution is -0.143. The highest BCUT2D eigenvalue weighted by molar-refractivity contribution is 7.15. The number of nitrogens with zero attached hydrogens (tertiary/aromatic N) is 6. The van der Waals surface area contributed by atoms with Crippen LogP contribution in [0, 0.1) is 32.1 Å². The Balaban J connectivity index is 1.65. The first kappa shape index (κ1) is 23.6. The van der Waals surface area contributed by atoms with E-state index in [9.17, 15) is 10.1 Å². The Kier molecular flexibility index (Phi) is 6.20. The molecule has 0 radical (unpaired) electrons. The fraction of sp³-hybridized carbons (Fsp3) is 0.259. The minimum absolute atomic E-state index is 0.0748. The lowest BCUT2D eigenvalue weighted by Crippen LogP contribution is -2.13. The molecule has 9 heteroatoms. The van der Waals surface area contributed by atoms with Crippen LogP contribution < -0.4 is 0 Å². The normalized spacial score (nSPS) is 14.3. The Morgan fingerprint density at radius 1 is 1.14 bits per heavy atom. The van der Waals surface area contributed by atoms with Crippen LogP contribution in [-0.2, 0) is 9.53 Å². The molecule has 0 N–H and O–H groups in total. The van der Waals surface area contributed by atoms with E-state index < -0.39 is 6.04 Å². The summed E-state index contributed by atoms with van der Waals surface area (Å²) < 4.78 is 7.26. The molecule has 4 aromatic rings. The van der Waals surface area contributed by atoms with Crippen molar-refractivity contribution in [1.82, 2.24) is 19.7 Å². The van der Waals surface area contributed by atoms with Crippen LogP contribution in [0.2, 0.25) is 0 Å². The zero-order valence-corrected chi connectivity index (χ0v) is 21.3. The van der Waals surface area contributed by atoms with Crippen molar-refractivity contribution in [2.75, 3.05) is 6.61 Å². The summed E-state index contributed by atoms with van der Waals surface area (Å²) in [4.78, 5) is 23.2. The third-order valence-corrected chi connectivity index (χ3v) is 7.44. The number of nitriles is 1. The van der Waals surface area contributed by atoms with Crippen molar-refractivity contribution in [2.24, 2.45) is 4.99 Å². The summed E-state index contributed by atoms with van der Waals surface area (Å²) in [6, 6.07) is 13.0. The number of aliphatic imine (C=N–C) groups is 1. The Hall–Kier alpha value is -4.16. The van der Waals surface area contributed by atoms with Gasteiger partial charge in [0, 0.05) is 27.8 Å². The van der Waals surface area contributed by atoms with E-state index in [2.05, 4.69) is 35.1 Å². The van der Waals surface area contributed by atoms with Gasteiger partial charge in [-0.3, -0.25) is 19.3 Å².